The van der Waals surface area contributed by atoms with Crippen molar-refractivity contribution in [3.05, 3.63) is 100 Å². The molecule has 6 heteroatoms. The third kappa shape index (κ3) is 3.77. The summed E-state index contributed by atoms with van der Waals surface area (Å²) in [6, 6.07) is 21.2. The second-order valence-electron chi connectivity index (χ2n) is 6.18. The van der Waals surface area contributed by atoms with Crippen LogP contribution >= 0.6 is 11.3 Å². The average molecular weight is 386 g/mol. The molecule has 0 atom stereocenters. The number of nitrogens with zero attached hydrogens (tertiary/aromatic N) is 3. The molecule has 2 aromatic heterocycles. The highest BCUT2D eigenvalue weighted by molar-refractivity contribution is 7.07. The molecule has 5 nitrogen and oxygen atoms in total. The Balaban J connectivity index is 1.83. The van der Waals surface area contributed by atoms with Crippen LogP contribution in [0.1, 0.15) is 15.9 Å². The van der Waals surface area contributed by atoms with Crippen molar-refractivity contribution in [1.29, 1.82) is 0 Å². The fourth-order valence-corrected chi connectivity index (χ4v) is 3.63. The minimum atomic E-state index is -0.218. The Morgan fingerprint density at radius 3 is 2.46 bits per heavy atom. The number of carbonyl (C=O) groups excluding carboxylic acids is 1. The maximum absolute atomic E-state index is 12.8. The smallest absolute Gasteiger partial charge is 0.267 e. The monoisotopic (exact) mass is 386 g/mol. The second-order valence-corrected chi connectivity index (χ2v) is 7.02. The number of nitrogens with one attached hydrogen (secondary N) is 1. The van der Waals surface area contributed by atoms with Crippen LogP contribution in [0.3, 0.4) is 0 Å². The van der Waals surface area contributed by atoms with Crippen molar-refractivity contribution in [2.45, 2.75) is 6.92 Å². The fraction of sp³-hybridized carbons (Fsp3) is 0.0455. The van der Waals surface area contributed by atoms with Crippen molar-refractivity contribution in [2.24, 2.45) is 4.99 Å². The third-order valence-corrected chi connectivity index (χ3v) is 5.09. The standard InChI is InChI=1S/C22H18N4OS/c1-16-7-5-6-10-19(16)24-22-26(25-21(27)18-11-13-23-14-12-18)20(15-28-22)17-8-3-2-4-9-17/h2-15H,1H3,(H,25,27). The Morgan fingerprint density at radius 1 is 1.00 bits per heavy atom. The number of amides is 1. The van der Waals surface area contributed by atoms with Gasteiger partial charge in [-0.05, 0) is 30.7 Å². The number of para-hydroxylation sites is 1. The summed E-state index contributed by atoms with van der Waals surface area (Å²) in [5.41, 5.74) is 7.34. The number of rotatable bonds is 4. The first-order chi connectivity index (χ1) is 13.7. The maximum Gasteiger partial charge on any atom is 0.270 e. The van der Waals surface area contributed by atoms with Gasteiger partial charge in [-0.15, -0.1) is 11.3 Å². The van der Waals surface area contributed by atoms with Crippen molar-refractivity contribution in [2.75, 3.05) is 5.43 Å². The molecule has 0 unspecified atom stereocenters. The van der Waals surface area contributed by atoms with E-state index in [2.05, 4.69) is 10.4 Å². The van der Waals surface area contributed by atoms with E-state index in [1.807, 2.05) is 66.9 Å². The lowest BCUT2D eigenvalue weighted by atomic mass is 10.2. The Kier molecular flexibility index (Phi) is 5.12. The SMILES string of the molecule is Cc1ccccc1N=c1scc(-c2ccccc2)n1NC(=O)c1ccncc1. The quantitative estimate of drug-likeness (QED) is 0.560. The molecule has 28 heavy (non-hydrogen) atoms. The minimum absolute atomic E-state index is 0.218. The molecule has 0 aliphatic heterocycles. The lowest BCUT2D eigenvalue weighted by Gasteiger charge is -2.11. The van der Waals surface area contributed by atoms with Gasteiger partial charge in [0.1, 0.15) is 0 Å². The van der Waals surface area contributed by atoms with E-state index in [-0.39, 0.29) is 5.91 Å². The summed E-state index contributed by atoms with van der Waals surface area (Å²) in [5.74, 6) is -0.218. The summed E-state index contributed by atoms with van der Waals surface area (Å²) in [6.45, 7) is 2.02. The van der Waals surface area contributed by atoms with Gasteiger partial charge in [-0.1, -0.05) is 48.5 Å². The molecule has 4 rings (SSSR count). The van der Waals surface area contributed by atoms with Crippen molar-refractivity contribution >= 4 is 22.9 Å². The number of pyridine rings is 1. The van der Waals surface area contributed by atoms with Gasteiger partial charge in [0.25, 0.3) is 5.91 Å². The third-order valence-electron chi connectivity index (χ3n) is 4.27. The molecule has 0 spiro atoms. The van der Waals surface area contributed by atoms with Crippen LogP contribution in [0.15, 0.2) is 89.5 Å². The highest BCUT2D eigenvalue weighted by atomic mass is 32.1. The Labute approximate surface area is 166 Å². The molecule has 2 heterocycles. The molecule has 2 aromatic carbocycles. The maximum atomic E-state index is 12.8. The molecule has 0 bridgehead atoms. The second kappa shape index (κ2) is 8.02. The first-order valence-corrected chi connectivity index (χ1v) is 9.68. The van der Waals surface area contributed by atoms with E-state index in [0.717, 1.165) is 22.5 Å². The van der Waals surface area contributed by atoms with E-state index in [1.165, 1.54) is 11.3 Å². The van der Waals surface area contributed by atoms with E-state index in [0.29, 0.717) is 10.4 Å². The zero-order chi connectivity index (χ0) is 19.3. The molecule has 0 radical (unpaired) electrons. The summed E-state index contributed by atoms with van der Waals surface area (Å²) in [5, 5.41) is 2.00. The molecule has 1 N–H and O–H groups in total. The number of hydrogen-bond donors (Lipinski definition) is 1. The molecule has 4 aromatic rings. The molecular weight excluding hydrogens is 368 g/mol. The van der Waals surface area contributed by atoms with E-state index in [4.69, 9.17) is 4.99 Å². The van der Waals surface area contributed by atoms with Crippen LogP contribution in [0.2, 0.25) is 0 Å². The van der Waals surface area contributed by atoms with Crippen LogP contribution in [0.4, 0.5) is 5.69 Å². The fourth-order valence-electron chi connectivity index (χ4n) is 2.77. The summed E-state index contributed by atoms with van der Waals surface area (Å²) in [6.07, 6.45) is 3.20. The zero-order valence-corrected chi connectivity index (χ0v) is 16.1. The first-order valence-electron chi connectivity index (χ1n) is 8.80. The van der Waals surface area contributed by atoms with E-state index < -0.39 is 0 Å². The van der Waals surface area contributed by atoms with E-state index in [1.54, 1.807) is 29.2 Å². The number of aromatic nitrogens is 2. The molecule has 0 saturated carbocycles. The lowest BCUT2D eigenvalue weighted by Crippen LogP contribution is -2.31. The van der Waals surface area contributed by atoms with Crippen LogP contribution < -0.4 is 10.2 Å². The average Bonchev–Trinajstić information content (AvgIpc) is 3.13. The van der Waals surface area contributed by atoms with Crippen molar-refractivity contribution in [1.82, 2.24) is 9.66 Å². The Hall–Kier alpha value is -3.51. The highest BCUT2D eigenvalue weighted by Gasteiger charge is 2.12. The van der Waals surface area contributed by atoms with Gasteiger partial charge >= 0.3 is 0 Å². The van der Waals surface area contributed by atoms with Gasteiger partial charge in [0.2, 0.25) is 4.80 Å². The summed E-state index contributed by atoms with van der Waals surface area (Å²) < 4.78 is 1.75. The molecule has 0 aliphatic rings. The number of hydrogen-bond acceptors (Lipinski definition) is 4. The van der Waals surface area contributed by atoms with Crippen LogP contribution in [0.25, 0.3) is 11.3 Å². The van der Waals surface area contributed by atoms with Gasteiger partial charge in [-0.25, -0.2) is 9.67 Å². The summed E-state index contributed by atoms with van der Waals surface area (Å²) >= 11 is 1.48. The van der Waals surface area contributed by atoms with E-state index >= 15 is 0 Å². The predicted molar refractivity (Wildman–Crippen MR) is 112 cm³/mol. The van der Waals surface area contributed by atoms with Crippen LogP contribution in [-0.2, 0) is 0 Å². The Bertz CT molecular complexity index is 1160. The van der Waals surface area contributed by atoms with Gasteiger partial charge in [0.05, 0.1) is 11.4 Å². The van der Waals surface area contributed by atoms with Gasteiger partial charge in [0, 0.05) is 28.9 Å². The van der Waals surface area contributed by atoms with Crippen molar-refractivity contribution < 1.29 is 4.79 Å². The van der Waals surface area contributed by atoms with Gasteiger partial charge in [-0.2, -0.15) is 0 Å². The molecule has 0 fully saturated rings. The summed E-state index contributed by atoms with van der Waals surface area (Å²) in [7, 11) is 0. The van der Waals surface area contributed by atoms with Crippen LogP contribution in [0, 0.1) is 6.92 Å². The first kappa shape index (κ1) is 17.9. The molecule has 0 saturated heterocycles. The van der Waals surface area contributed by atoms with Crippen molar-refractivity contribution in [3.8, 4) is 11.3 Å². The van der Waals surface area contributed by atoms with Gasteiger partial charge in [0.15, 0.2) is 0 Å². The minimum Gasteiger partial charge on any atom is -0.267 e. The molecular formula is C22H18N4OS. The normalized spacial score (nSPS) is 11.4. The largest absolute Gasteiger partial charge is 0.270 e. The van der Waals surface area contributed by atoms with Crippen LogP contribution in [-0.4, -0.2) is 15.6 Å². The molecule has 138 valence electrons. The highest BCUT2D eigenvalue weighted by Crippen LogP contribution is 2.21. The summed E-state index contributed by atoms with van der Waals surface area (Å²) in [4.78, 5) is 22.2. The number of benzene rings is 2. The topological polar surface area (TPSA) is 59.3 Å². The predicted octanol–water partition coefficient (Wildman–Crippen LogP) is 4.54. The number of aryl methyl sites for hydroxylation is 1. The zero-order valence-electron chi connectivity index (χ0n) is 15.2. The molecule has 1 amide bonds. The van der Waals surface area contributed by atoms with Crippen LogP contribution in [0.5, 0.6) is 0 Å². The Morgan fingerprint density at radius 2 is 1.71 bits per heavy atom. The lowest BCUT2D eigenvalue weighted by molar-refractivity contribution is 0.101. The van der Waals surface area contributed by atoms with Crippen molar-refractivity contribution in [3.63, 3.8) is 0 Å². The molecule has 0 aliphatic carbocycles. The number of thiazole rings is 1. The van der Waals surface area contributed by atoms with Gasteiger partial charge in [-0.3, -0.25) is 15.2 Å². The van der Waals surface area contributed by atoms with Gasteiger partial charge < -0.3 is 0 Å². The number of carbonyl (C=O) groups is 1. The van der Waals surface area contributed by atoms with E-state index in [9.17, 15) is 4.79 Å².